The van der Waals surface area contributed by atoms with E-state index in [1.165, 1.54) is 27.3 Å². The Kier molecular flexibility index (Phi) is 5.34. The number of aromatic nitrogens is 1. The molecule has 0 radical (unpaired) electrons. The summed E-state index contributed by atoms with van der Waals surface area (Å²) in [6.45, 7) is 3.91. The maximum Gasteiger partial charge on any atom is 0.352 e. The highest BCUT2D eigenvalue weighted by Crippen LogP contribution is 2.31. The minimum Gasteiger partial charge on any atom is -0.458 e. The van der Waals surface area contributed by atoms with Crippen LogP contribution in [0.4, 0.5) is 0 Å². The molecule has 2 heterocycles. The van der Waals surface area contributed by atoms with Gasteiger partial charge in [-0.1, -0.05) is 91.0 Å². The summed E-state index contributed by atoms with van der Waals surface area (Å²) in [5.74, 6) is 2.61. The first kappa shape index (κ1) is 21.2. The molecular weight excluding hydrogens is 427 g/mol. The average Bonchev–Trinajstić information content (AvgIpc) is 3.23. The molecule has 1 aliphatic heterocycles. The van der Waals surface area contributed by atoms with E-state index < -0.39 is 0 Å². The number of para-hydroxylation sites is 4. The monoisotopic (exact) mass is 452 g/mol. The fourth-order valence-corrected chi connectivity index (χ4v) is 4.96. The molecule has 0 fully saturated rings. The Morgan fingerprint density at radius 1 is 0.743 bits per heavy atom. The number of aryl methyl sites for hydroxylation is 1. The highest BCUT2D eigenvalue weighted by molar-refractivity contribution is 6.87. The number of fused-ring (bicyclic) bond motifs is 3. The number of allylic oxidation sites excluding steroid dienone is 4. The summed E-state index contributed by atoms with van der Waals surface area (Å²) in [7, 11) is 0. The maximum absolute atomic E-state index is 6.46. The molecule has 0 unspecified atom stereocenters. The van der Waals surface area contributed by atoms with Crippen molar-refractivity contribution in [1.29, 1.82) is 0 Å². The zero-order valence-corrected chi connectivity index (χ0v) is 19.8. The molecule has 0 atom stereocenters. The Balaban J connectivity index is 1.59. The number of hydrogen-bond donors (Lipinski definition) is 0. The minimum absolute atomic E-state index is 0.180. The molecule has 0 bridgehead atoms. The third kappa shape index (κ3) is 3.59. The summed E-state index contributed by atoms with van der Waals surface area (Å²) in [5.41, 5.74) is 5.72. The van der Waals surface area contributed by atoms with E-state index >= 15 is 0 Å². The summed E-state index contributed by atoms with van der Waals surface area (Å²) in [6.07, 6.45) is 8.22. The first-order valence-corrected chi connectivity index (χ1v) is 12.0. The van der Waals surface area contributed by atoms with Crippen LogP contribution in [0.5, 0.6) is 11.5 Å². The predicted molar refractivity (Wildman–Crippen MR) is 149 cm³/mol. The van der Waals surface area contributed by atoms with Gasteiger partial charge in [0.1, 0.15) is 17.3 Å². The van der Waals surface area contributed by atoms with Crippen molar-refractivity contribution < 1.29 is 4.74 Å². The van der Waals surface area contributed by atoms with Gasteiger partial charge in [0.05, 0.1) is 11.0 Å². The van der Waals surface area contributed by atoms with Gasteiger partial charge in [-0.3, -0.25) is 4.57 Å². The van der Waals surface area contributed by atoms with Crippen molar-refractivity contribution in [3.63, 3.8) is 0 Å². The van der Waals surface area contributed by atoms with Crippen LogP contribution in [0.2, 0.25) is 0 Å². The van der Waals surface area contributed by atoms with Gasteiger partial charge in [-0.2, -0.15) is 0 Å². The zero-order valence-electron chi connectivity index (χ0n) is 19.8. The Labute approximate surface area is 205 Å². The van der Waals surface area contributed by atoms with E-state index in [1.54, 1.807) is 0 Å². The van der Waals surface area contributed by atoms with Gasteiger partial charge >= 0.3 is 6.85 Å². The number of ether oxygens (including phenoxy) is 1. The van der Waals surface area contributed by atoms with E-state index in [2.05, 4.69) is 84.3 Å². The van der Waals surface area contributed by atoms with E-state index in [9.17, 15) is 0 Å². The molecule has 0 aliphatic carbocycles. The Morgan fingerprint density at radius 2 is 1.46 bits per heavy atom. The molecule has 6 rings (SSSR count). The number of benzene rings is 4. The van der Waals surface area contributed by atoms with Crippen LogP contribution in [0.1, 0.15) is 12.5 Å². The second kappa shape index (κ2) is 8.81. The summed E-state index contributed by atoms with van der Waals surface area (Å²) in [5, 5.41) is 2.48. The van der Waals surface area contributed by atoms with Crippen molar-refractivity contribution in [1.82, 2.24) is 4.57 Å². The van der Waals surface area contributed by atoms with Gasteiger partial charge in [-0.15, -0.1) is 0 Å². The van der Waals surface area contributed by atoms with Crippen molar-refractivity contribution in [3.8, 4) is 11.5 Å². The topological polar surface area (TPSA) is 26.5 Å². The average molecular weight is 452 g/mol. The third-order valence-electron chi connectivity index (χ3n) is 6.59. The summed E-state index contributed by atoms with van der Waals surface area (Å²) < 4.78 is 8.76. The smallest absolute Gasteiger partial charge is 0.352 e. The molecule has 4 heteroatoms. The zero-order chi connectivity index (χ0) is 23.8. The Bertz CT molecular complexity index is 1660. The largest absolute Gasteiger partial charge is 0.458 e. The molecule has 35 heavy (non-hydrogen) atoms. The number of rotatable bonds is 5. The Hall–Kier alpha value is -4.31. The standard InChI is InChI=1S/C31H25BN2O/c1-3-4-5-21-30-33-32(25-16-8-11-20-29(25)35-28-19-10-6-13-22(28)2)26-17-12-15-24-23-14-7-9-18-27(23)34(30)31(24)26/h3-21H,1-2H3/b4-3-,21-5-. The first-order valence-electron chi connectivity index (χ1n) is 12.0. The lowest BCUT2D eigenvalue weighted by molar-refractivity contribution is 0.482. The van der Waals surface area contributed by atoms with Crippen molar-refractivity contribution in [2.24, 2.45) is 4.90 Å². The van der Waals surface area contributed by atoms with Crippen molar-refractivity contribution >= 4 is 45.4 Å². The first-order chi connectivity index (χ1) is 17.3. The van der Waals surface area contributed by atoms with E-state index in [-0.39, 0.29) is 6.85 Å². The van der Waals surface area contributed by atoms with Crippen LogP contribution in [0.15, 0.2) is 120 Å². The molecule has 0 N–H and O–H groups in total. The highest BCUT2D eigenvalue weighted by Gasteiger charge is 2.32. The highest BCUT2D eigenvalue weighted by atomic mass is 16.5. The lowest BCUT2D eigenvalue weighted by Crippen LogP contribution is -2.46. The van der Waals surface area contributed by atoms with E-state index in [4.69, 9.17) is 9.64 Å². The lowest BCUT2D eigenvalue weighted by Gasteiger charge is -2.23. The fourth-order valence-electron chi connectivity index (χ4n) is 4.96. The summed E-state index contributed by atoms with van der Waals surface area (Å²) in [4.78, 5) is 5.32. The van der Waals surface area contributed by atoms with Gasteiger partial charge in [0.15, 0.2) is 0 Å². The van der Waals surface area contributed by atoms with E-state index in [0.29, 0.717) is 0 Å². The van der Waals surface area contributed by atoms with Gasteiger partial charge < -0.3 is 9.64 Å². The second-order valence-electron chi connectivity index (χ2n) is 8.78. The van der Waals surface area contributed by atoms with Crippen molar-refractivity contribution in [2.45, 2.75) is 13.8 Å². The molecular formula is C31H25BN2O. The van der Waals surface area contributed by atoms with Gasteiger partial charge in [0.25, 0.3) is 0 Å². The van der Waals surface area contributed by atoms with Gasteiger partial charge in [-0.25, -0.2) is 0 Å². The fraction of sp³-hybridized carbons (Fsp3) is 0.0645. The van der Waals surface area contributed by atoms with Crippen LogP contribution >= 0.6 is 0 Å². The maximum atomic E-state index is 6.46. The summed E-state index contributed by atoms with van der Waals surface area (Å²) in [6, 6.07) is 31.5. The van der Waals surface area contributed by atoms with Crippen LogP contribution in [0, 0.1) is 6.92 Å². The number of nitrogens with zero attached hydrogens (tertiary/aromatic N) is 2. The molecule has 0 spiro atoms. The SMILES string of the molecule is C/C=C\C=C/C1=NB(c2ccccc2Oc2ccccc2C)c2cccc3c4ccccc4n1c23. The molecule has 1 aromatic heterocycles. The van der Waals surface area contributed by atoms with Crippen LogP contribution < -0.4 is 15.7 Å². The predicted octanol–water partition coefficient (Wildman–Crippen LogP) is 6.39. The van der Waals surface area contributed by atoms with Crippen LogP contribution in [-0.2, 0) is 0 Å². The molecule has 0 saturated heterocycles. The molecule has 1 aliphatic rings. The van der Waals surface area contributed by atoms with Crippen molar-refractivity contribution in [3.05, 3.63) is 121 Å². The van der Waals surface area contributed by atoms with Gasteiger partial charge in [-0.05, 0) is 54.6 Å². The third-order valence-corrected chi connectivity index (χ3v) is 6.59. The van der Waals surface area contributed by atoms with E-state index in [1.807, 2.05) is 49.4 Å². The lowest BCUT2D eigenvalue weighted by atomic mass is 9.50. The quantitative estimate of drug-likeness (QED) is 0.224. The van der Waals surface area contributed by atoms with Crippen LogP contribution in [0.3, 0.4) is 0 Å². The van der Waals surface area contributed by atoms with Gasteiger partial charge in [0.2, 0.25) is 0 Å². The normalized spacial score (nSPS) is 13.3. The van der Waals surface area contributed by atoms with E-state index in [0.717, 1.165) is 28.4 Å². The second-order valence-corrected chi connectivity index (χ2v) is 8.78. The molecule has 5 aromatic rings. The molecule has 168 valence electrons. The number of hydrogen-bond acceptors (Lipinski definition) is 2. The van der Waals surface area contributed by atoms with Gasteiger partial charge in [0, 0.05) is 10.8 Å². The molecule has 4 aromatic carbocycles. The molecule has 0 amide bonds. The molecule has 0 saturated carbocycles. The Morgan fingerprint density at radius 3 is 2.31 bits per heavy atom. The van der Waals surface area contributed by atoms with Crippen molar-refractivity contribution in [2.75, 3.05) is 0 Å². The minimum atomic E-state index is -0.180. The van der Waals surface area contributed by atoms with Crippen LogP contribution in [0.25, 0.3) is 21.8 Å². The summed E-state index contributed by atoms with van der Waals surface area (Å²) >= 11 is 0. The molecule has 3 nitrogen and oxygen atoms in total. The van der Waals surface area contributed by atoms with Crippen LogP contribution in [-0.4, -0.2) is 17.3 Å².